The van der Waals surface area contributed by atoms with E-state index in [1.807, 2.05) is 36.4 Å². The van der Waals surface area contributed by atoms with Crippen LogP contribution in [0.2, 0.25) is 0 Å². The largest absolute Gasteiger partial charge is 0.243 e. The van der Waals surface area contributed by atoms with Crippen LogP contribution >= 0.6 is 27.3 Å². The summed E-state index contributed by atoms with van der Waals surface area (Å²) in [6.07, 6.45) is 0. The molecular formula is C24H15BrN2S. The van der Waals surface area contributed by atoms with Gasteiger partial charge >= 0.3 is 0 Å². The molecule has 0 atom stereocenters. The lowest BCUT2D eigenvalue weighted by atomic mass is 10.0. The predicted molar refractivity (Wildman–Crippen MR) is 121 cm³/mol. The predicted octanol–water partition coefficient (Wildman–Crippen LogP) is 7.45. The van der Waals surface area contributed by atoms with Gasteiger partial charge in [0.1, 0.15) is 5.52 Å². The van der Waals surface area contributed by atoms with Crippen LogP contribution in [0, 0.1) is 0 Å². The second-order valence-electron chi connectivity index (χ2n) is 6.42. The molecule has 0 amide bonds. The quantitative estimate of drug-likeness (QED) is 0.289. The molecule has 0 aliphatic carbocycles. The maximum Gasteiger partial charge on any atom is 0.104 e. The van der Waals surface area contributed by atoms with Gasteiger partial charge in [0.2, 0.25) is 0 Å². The van der Waals surface area contributed by atoms with E-state index in [0.29, 0.717) is 0 Å². The molecule has 0 saturated heterocycles. The molecule has 5 rings (SSSR count). The molecule has 2 heterocycles. The van der Waals surface area contributed by atoms with Crippen molar-refractivity contribution in [3.8, 4) is 33.0 Å². The molecule has 0 unspecified atom stereocenters. The van der Waals surface area contributed by atoms with E-state index in [0.717, 1.165) is 43.6 Å². The van der Waals surface area contributed by atoms with Gasteiger partial charge in [0.05, 0.1) is 16.9 Å². The Hall–Kier alpha value is -2.82. The third-order valence-corrected chi connectivity index (χ3v) is 6.20. The van der Waals surface area contributed by atoms with Crippen LogP contribution < -0.4 is 0 Å². The number of benzene rings is 3. The molecule has 0 radical (unpaired) electrons. The molecule has 5 aromatic rings. The van der Waals surface area contributed by atoms with Crippen molar-refractivity contribution in [3.63, 3.8) is 0 Å². The van der Waals surface area contributed by atoms with Gasteiger partial charge in [-0.2, -0.15) is 0 Å². The van der Waals surface area contributed by atoms with Gasteiger partial charge in [0.25, 0.3) is 0 Å². The normalized spacial score (nSPS) is 11.0. The third-order valence-electron chi connectivity index (χ3n) is 4.65. The first-order valence-corrected chi connectivity index (χ1v) is 10.6. The Balaban J connectivity index is 1.88. The fraction of sp³-hybridized carbons (Fsp3) is 0. The fourth-order valence-electron chi connectivity index (χ4n) is 3.33. The minimum absolute atomic E-state index is 0.879. The summed E-state index contributed by atoms with van der Waals surface area (Å²) in [5.41, 5.74) is 6.81. The first-order chi connectivity index (χ1) is 13.8. The van der Waals surface area contributed by atoms with Gasteiger partial charge < -0.3 is 0 Å². The Kier molecular flexibility index (Phi) is 4.51. The third kappa shape index (κ3) is 3.05. The second kappa shape index (κ2) is 7.30. The SMILES string of the molecule is Brc1ccc(-c2cccs2)c2nc(-c3ccccc3)c(-c3ccccc3)nc12. The Labute approximate surface area is 175 Å². The summed E-state index contributed by atoms with van der Waals surface area (Å²) in [4.78, 5) is 11.4. The highest BCUT2D eigenvalue weighted by atomic mass is 79.9. The molecule has 2 nitrogen and oxygen atoms in total. The molecule has 134 valence electrons. The molecule has 28 heavy (non-hydrogen) atoms. The van der Waals surface area contributed by atoms with Crippen molar-refractivity contribution in [3.05, 3.63) is 94.8 Å². The van der Waals surface area contributed by atoms with Crippen LogP contribution in [0.3, 0.4) is 0 Å². The maximum atomic E-state index is 5.15. The zero-order chi connectivity index (χ0) is 18.9. The molecule has 3 aromatic carbocycles. The highest BCUT2D eigenvalue weighted by molar-refractivity contribution is 9.10. The highest BCUT2D eigenvalue weighted by Crippen LogP contribution is 2.38. The Bertz CT molecular complexity index is 1250. The highest BCUT2D eigenvalue weighted by Gasteiger charge is 2.17. The first-order valence-electron chi connectivity index (χ1n) is 8.96. The summed E-state index contributed by atoms with van der Waals surface area (Å²) in [6.45, 7) is 0. The van der Waals surface area contributed by atoms with E-state index in [-0.39, 0.29) is 0 Å². The summed E-state index contributed by atoms with van der Waals surface area (Å²) in [5, 5.41) is 2.09. The van der Waals surface area contributed by atoms with E-state index in [4.69, 9.17) is 9.97 Å². The molecule has 4 heteroatoms. The van der Waals surface area contributed by atoms with Gasteiger partial charge in [0.15, 0.2) is 0 Å². The van der Waals surface area contributed by atoms with Gasteiger partial charge in [-0.05, 0) is 33.4 Å². The van der Waals surface area contributed by atoms with Crippen LogP contribution in [0.25, 0.3) is 44.0 Å². The molecule has 2 aromatic heterocycles. The minimum atomic E-state index is 0.879. The lowest BCUT2D eigenvalue weighted by molar-refractivity contribution is 1.29. The van der Waals surface area contributed by atoms with Gasteiger partial charge in [-0.3, -0.25) is 0 Å². The fourth-order valence-corrected chi connectivity index (χ4v) is 4.49. The topological polar surface area (TPSA) is 25.8 Å². The number of nitrogens with zero attached hydrogens (tertiary/aromatic N) is 2. The lowest BCUT2D eigenvalue weighted by Crippen LogP contribution is -1.97. The molecule has 0 bridgehead atoms. The van der Waals surface area contributed by atoms with Crippen molar-refractivity contribution < 1.29 is 0 Å². The van der Waals surface area contributed by atoms with Gasteiger partial charge in [0, 0.05) is 26.0 Å². The summed E-state index contributed by atoms with van der Waals surface area (Å²) in [7, 11) is 0. The van der Waals surface area contributed by atoms with E-state index in [1.165, 1.54) is 4.88 Å². The van der Waals surface area contributed by atoms with Crippen molar-refractivity contribution in [2.45, 2.75) is 0 Å². The number of halogens is 1. The smallest absolute Gasteiger partial charge is 0.104 e. The van der Waals surface area contributed by atoms with Crippen molar-refractivity contribution in [1.29, 1.82) is 0 Å². The van der Waals surface area contributed by atoms with Gasteiger partial charge in [-0.25, -0.2) is 9.97 Å². The molecule has 0 N–H and O–H groups in total. The summed E-state index contributed by atoms with van der Waals surface area (Å²) >= 11 is 5.40. The van der Waals surface area contributed by atoms with Crippen molar-refractivity contribution in [1.82, 2.24) is 9.97 Å². The van der Waals surface area contributed by atoms with E-state index in [2.05, 4.69) is 69.8 Å². The number of thiophene rings is 1. The Morgan fingerprint density at radius 2 is 1.21 bits per heavy atom. The minimum Gasteiger partial charge on any atom is -0.243 e. The number of fused-ring (bicyclic) bond motifs is 1. The lowest BCUT2D eigenvalue weighted by Gasteiger charge is -2.13. The summed E-state index contributed by atoms with van der Waals surface area (Å²) in [6, 6.07) is 28.9. The van der Waals surface area contributed by atoms with Crippen molar-refractivity contribution in [2.24, 2.45) is 0 Å². The first kappa shape index (κ1) is 17.3. The number of hydrogen-bond donors (Lipinski definition) is 0. The van der Waals surface area contributed by atoms with E-state index in [9.17, 15) is 0 Å². The standard InChI is InChI=1S/C24H15BrN2S/c25-19-14-13-18(20-12-7-15-28-20)23-24(19)27-22(17-10-5-2-6-11-17)21(26-23)16-8-3-1-4-9-16/h1-15H. The number of rotatable bonds is 3. The van der Waals surface area contributed by atoms with Crippen LogP contribution in [-0.4, -0.2) is 9.97 Å². The molecular weight excluding hydrogens is 428 g/mol. The van der Waals surface area contributed by atoms with Crippen molar-refractivity contribution in [2.75, 3.05) is 0 Å². The maximum absolute atomic E-state index is 5.15. The summed E-state index contributed by atoms with van der Waals surface area (Å²) in [5.74, 6) is 0. The van der Waals surface area contributed by atoms with E-state index < -0.39 is 0 Å². The summed E-state index contributed by atoms with van der Waals surface area (Å²) < 4.78 is 0.951. The van der Waals surface area contributed by atoms with Gasteiger partial charge in [-0.15, -0.1) is 11.3 Å². The Morgan fingerprint density at radius 1 is 0.607 bits per heavy atom. The van der Waals surface area contributed by atoms with Crippen LogP contribution in [-0.2, 0) is 0 Å². The van der Waals surface area contributed by atoms with Crippen LogP contribution in [0.4, 0.5) is 0 Å². The van der Waals surface area contributed by atoms with Crippen molar-refractivity contribution >= 4 is 38.3 Å². The molecule has 0 aliphatic rings. The Morgan fingerprint density at radius 3 is 1.79 bits per heavy atom. The molecule has 0 aliphatic heterocycles. The molecule has 0 spiro atoms. The monoisotopic (exact) mass is 442 g/mol. The van der Waals surface area contributed by atoms with Gasteiger partial charge in [-0.1, -0.05) is 72.8 Å². The number of hydrogen-bond acceptors (Lipinski definition) is 3. The average Bonchev–Trinajstić information content (AvgIpc) is 3.29. The average molecular weight is 443 g/mol. The zero-order valence-corrected chi connectivity index (χ0v) is 17.2. The van der Waals surface area contributed by atoms with Crippen LogP contribution in [0.15, 0.2) is 94.8 Å². The molecule has 0 saturated carbocycles. The molecule has 0 fully saturated rings. The zero-order valence-electron chi connectivity index (χ0n) is 14.8. The number of aromatic nitrogens is 2. The van der Waals surface area contributed by atoms with Crippen LogP contribution in [0.1, 0.15) is 0 Å². The van der Waals surface area contributed by atoms with E-state index in [1.54, 1.807) is 11.3 Å². The second-order valence-corrected chi connectivity index (χ2v) is 8.22. The van der Waals surface area contributed by atoms with E-state index >= 15 is 0 Å². The van der Waals surface area contributed by atoms with Crippen LogP contribution in [0.5, 0.6) is 0 Å².